The van der Waals surface area contributed by atoms with Crippen LogP contribution in [0.25, 0.3) is 0 Å². The number of carbonyl (C=O) groups is 1. The molecule has 0 aliphatic carbocycles. The summed E-state index contributed by atoms with van der Waals surface area (Å²) < 4.78 is 0. The highest BCUT2D eigenvalue weighted by atomic mass is 16.4. The minimum Gasteiger partial charge on any atom is -0.478 e. The van der Waals surface area contributed by atoms with Gasteiger partial charge in [0.15, 0.2) is 0 Å². The summed E-state index contributed by atoms with van der Waals surface area (Å²) >= 11 is 0. The predicted octanol–water partition coefficient (Wildman–Crippen LogP) is 1.15. The fourth-order valence-corrected chi connectivity index (χ4v) is 0.955. The van der Waals surface area contributed by atoms with Crippen LogP contribution in [0.3, 0.4) is 0 Å². The number of hydrogen-bond donors (Lipinski definition) is 2. The van der Waals surface area contributed by atoms with E-state index in [2.05, 4.69) is 0 Å². The second kappa shape index (κ2) is 4.91. The van der Waals surface area contributed by atoms with Gasteiger partial charge in [0.2, 0.25) is 0 Å². The van der Waals surface area contributed by atoms with E-state index < -0.39 is 5.97 Å². The maximum absolute atomic E-state index is 10.5. The van der Waals surface area contributed by atoms with Gasteiger partial charge in [-0.05, 0) is 26.3 Å². The number of carboxylic acid groups (broad SMARTS) is 1. The molecule has 0 heterocycles. The Balaban J connectivity index is 4.39. The van der Waals surface area contributed by atoms with Gasteiger partial charge in [-0.1, -0.05) is 12.5 Å². The van der Waals surface area contributed by atoms with E-state index in [4.69, 9.17) is 10.8 Å². The van der Waals surface area contributed by atoms with E-state index >= 15 is 0 Å². The standard InChI is InChI=1S/C8H15NO2/c1-3-7(4-5-9)6(2)8(10)11/h3-5,9H2,1-2H3,(H,10,11). The number of carboxylic acids is 1. The number of rotatable bonds is 4. The average Bonchev–Trinajstić information content (AvgIpc) is 1.98. The van der Waals surface area contributed by atoms with Gasteiger partial charge in [0.25, 0.3) is 0 Å². The number of aliphatic carboxylic acids is 1. The lowest BCUT2D eigenvalue weighted by molar-refractivity contribution is -0.132. The molecule has 0 aliphatic rings. The van der Waals surface area contributed by atoms with E-state index in [1.165, 1.54) is 0 Å². The summed E-state index contributed by atoms with van der Waals surface area (Å²) in [4.78, 5) is 10.5. The zero-order valence-electron chi connectivity index (χ0n) is 7.05. The van der Waals surface area contributed by atoms with Gasteiger partial charge >= 0.3 is 5.97 Å². The normalized spacial score (nSPS) is 12.6. The largest absolute Gasteiger partial charge is 0.478 e. The van der Waals surface area contributed by atoms with Crippen LogP contribution >= 0.6 is 0 Å². The second-order valence-electron chi connectivity index (χ2n) is 2.43. The first-order valence-electron chi connectivity index (χ1n) is 3.75. The summed E-state index contributed by atoms with van der Waals surface area (Å²) in [6.07, 6.45) is 1.46. The molecule has 0 atom stereocenters. The summed E-state index contributed by atoms with van der Waals surface area (Å²) in [6.45, 7) is 4.09. The highest BCUT2D eigenvalue weighted by Crippen LogP contribution is 2.11. The highest BCUT2D eigenvalue weighted by Gasteiger charge is 2.05. The smallest absolute Gasteiger partial charge is 0.331 e. The van der Waals surface area contributed by atoms with Crippen molar-refractivity contribution in [1.29, 1.82) is 0 Å². The van der Waals surface area contributed by atoms with Crippen molar-refractivity contribution in [3.8, 4) is 0 Å². The topological polar surface area (TPSA) is 63.3 Å². The van der Waals surface area contributed by atoms with Gasteiger partial charge in [-0.15, -0.1) is 0 Å². The molecular formula is C8H15NO2. The van der Waals surface area contributed by atoms with Crippen molar-refractivity contribution in [3.05, 3.63) is 11.1 Å². The molecule has 0 fully saturated rings. The summed E-state index contributed by atoms with van der Waals surface area (Å²) in [5.74, 6) is -0.838. The van der Waals surface area contributed by atoms with Crippen molar-refractivity contribution >= 4 is 5.97 Å². The SMILES string of the molecule is CCC(CCN)=C(C)C(=O)O. The molecule has 0 unspecified atom stereocenters. The van der Waals surface area contributed by atoms with Crippen LogP contribution in [0.15, 0.2) is 11.1 Å². The van der Waals surface area contributed by atoms with Crippen molar-refractivity contribution in [3.63, 3.8) is 0 Å². The summed E-state index contributed by atoms with van der Waals surface area (Å²) in [5, 5.41) is 8.61. The monoisotopic (exact) mass is 157 g/mol. The third-order valence-corrected chi connectivity index (χ3v) is 1.72. The Bertz CT molecular complexity index is 173. The predicted molar refractivity (Wildman–Crippen MR) is 44.3 cm³/mol. The Morgan fingerprint density at radius 1 is 1.55 bits per heavy atom. The lowest BCUT2D eigenvalue weighted by atomic mass is 10.0. The maximum Gasteiger partial charge on any atom is 0.331 e. The molecule has 0 rings (SSSR count). The van der Waals surface area contributed by atoms with Crippen LogP contribution in [0.1, 0.15) is 26.7 Å². The van der Waals surface area contributed by atoms with Crippen LogP contribution in [-0.2, 0) is 4.79 Å². The van der Waals surface area contributed by atoms with E-state index in [0.717, 1.165) is 12.0 Å². The van der Waals surface area contributed by atoms with Crippen LogP contribution in [0, 0.1) is 0 Å². The third kappa shape index (κ3) is 3.18. The number of hydrogen-bond acceptors (Lipinski definition) is 2. The van der Waals surface area contributed by atoms with Gasteiger partial charge in [0.05, 0.1) is 0 Å². The van der Waals surface area contributed by atoms with Crippen molar-refractivity contribution in [2.75, 3.05) is 6.54 Å². The molecule has 3 nitrogen and oxygen atoms in total. The summed E-state index contributed by atoms with van der Waals surface area (Å²) in [7, 11) is 0. The summed E-state index contributed by atoms with van der Waals surface area (Å²) in [6, 6.07) is 0. The molecule has 0 aliphatic heterocycles. The zero-order chi connectivity index (χ0) is 8.85. The molecule has 0 aromatic rings. The molecule has 3 N–H and O–H groups in total. The minimum atomic E-state index is -0.838. The first kappa shape index (κ1) is 10.2. The number of nitrogens with two attached hydrogens (primary N) is 1. The first-order chi connectivity index (χ1) is 5.13. The van der Waals surface area contributed by atoms with Gasteiger partial charge in [-0.2, -0.15) is 0 Å². The molecule has 64 valence electrons. The van der Waals surface area contributed by atoms with Gasteiger partial charge in [-0.3, -0.25) is 0 Å². The first-order valence-corrected chi connectivity index (χ1v) is 3.75. The van der Waals surface area contributed by atoms with Crippen molar-refractivity contribution in [1.82, 2.24) is 0 Å². The minimum absolute atomic E-state index is 0.443. The quantitative estimate of drug-likeness (QED) is 0.601. The van der Waals surface area contributed by atoms with E-state index in [0.29, 0.717) is 18.5 Å². The highest BCUT2D eigenvalue weighted by molar-refractivity contribution is 5.86. The van der Waals surface area contributed by atoms with Crippen LogP contribution in [0.2, 0.25) is 0 Å². The lowest BCUT2D eigenvalue weighted by Gasteiger charge is -2.04. The Labute approximate surface area is 66.9 Å². The summed E-state index contributed by atoms with van der Waals surface area (Å²) in [5.41, 5.74) is 6.70. The van der Waals surface area contributed by atoms with Crippen LogP contribution in [-0.4, -0.2) is 17.6 Å². The van der Waals surface area contributed by atoms with E-state index in [-0.39, 0.29) is 0 Å². The molecule has 0 amide bonds. The molecule has 0 radical (unpaired) electrons. The maximum atomic E-state index is 10.5. The fraction of sp³-hybridized carbons (Fsp3) is 0.625. The van der Waals surface area contributed by atoms with Gasteiger partial charge in [0.1, 0.15) is 0 Å². The van der Waals surface area contributed by atoms with Crippen LogP contribution < -0.4 is 5.73 Å². The molecule has 0 aromatic carbocycles. The molecule has 0 saturated heterocycles. The molecule has 3 heteroatoms. The fourth-order valence-electron chi connectivity index (χ4n) is 0.955. The van der Waals surface area contributed by atoms with Gasteiger partial charge in [0, 0.05) is 5.57 Å². The van der Waals surface area contributed by atoms with E-state index in [1.54, 1.807) is 6.92 Å². The van der Waals surface area contributed by atoms with Gasteiger partial charge < -0.3 is 10.8 Å². The van der Waals surface area contributed by atoms with Gasteiger partial charge in [-0.25, -0.2) is 4.79 Å². The van der Waals surface area contributed by atoms with Crippen molar-refractivity contribution < 1.29 is 9.90 Å². The average molecular weight is 157 g/mol. The zero-order valence-corrected chi connectivity index (χ0v) is 7.05. The van der Waals surface area contributed by atoms with Crippen LogP contribution in [0.4, 0.5) is 0 Å². The molecule has 0 spiro atoms. The molecular weight excluding hydrogens is 142 g/mol. The Morgan fingerprint density at radius 2 is 2.09 bits per heavy atom. The third-order valence-electron chi connectivity index (χ3n) is 1.72. The van der Waals surface area contributed by atoms with Crippen molar-refractivity contribution in [2.45, 2.75) is 26.7 Å². The molecule has 0 bridgehead atoms. The molecule has 0 saturated carbocycles. The Hall–Kier alpha value is -0.830. The van der Waals surface area contributed by atoms with E-state index in [9.17, 15) is 4.79 Å². The van der Waals surface area contributed by atoms with Crippen molar-refractivity contribution in [2.24, 2.45) is 5.73 Å². The Morgan fingerprint density at radius 3 is 2.36 bits per heavy atom. The van der Waals surface area contributed by atoms with E-state index in [1.807, 2.05) is 6.92 Å². The lowest BCUT2D eigenvalue weighted by Crippen LogP contribution is -2.06. The molecule has 11 heavy (non-hydrogen) atoms. The second-order valence-corrected chi connectivity index (χ2v) is 2.43. The van der Waals surface area contributed by atoms with Crippen LogP contribution in [0.5, 0.6) is 0 Å². The Kier molecular flexibility index (Phi) is 4.54. The molecule has 0 aromatic heterocycles.